The van der Waals surface area contributed by atoms with E-state index in [-0.39, 0.29) is 5.91 Å². The molecule has 1 amide bonds. The molecule has 3 nitrogen and oxygen atoms in total. The fourth-order valence-corrected chi connectivity index (χ4v) is 4.86. The summed E-state index contributed by atoms with van der Waals surface area (Å²) in [6.45, 7) is 2.02. The molecular weight excluding hydrogens is 360 g/mol. The molecule has 0 bridgehead atoms. The third kappa shape index (κ3) is 3.91. The SMILES string of the molecule is Cc1cc(Cl)cc2sc(=NC(=O)CCSc3ccccc3)n(C)c12. The molecule has 0 saturated carbocycles. The number of hydrogen-bond acceptors (Lipinski definition) is 3. The number of benzene rings is 2. The number of amides is 1. The number of carbonyl (C=O) groups is 1. The maximum absolute atomic E-state index is 12.2. The Labute approximate surface area is 154 Å². The number of carbonyl (C=O) groups excluding carboxylic acids is 1. The van der Waals surface area contributed by atoms with E-state index in [0.717, 1.165) is 21.5 Å². The van der Waals surface area contributed by atoms with Gasteiger partial charge >= 0.3 is 0 Å². The lowest BCUT2D eigenvalue weighted by Crippen LogP contribution is -2.13. The van der Waals surface area contributed by atoms with E-state index in [1.807, 2.05) is 61.0 Å². The summed E-state index contributed by atoms with van der Waals surface area (Å²) >= 11 is 9.28. The highest BCUT2D eigenvalue weighted by Gasteiger charge is 2.08. The smallest absolute Gasteiger partial charge is 0.249 e. The van der Waals surface area contributed by atoms with Gasteiger partial charge in [-0.1, -0.05) is 41.1 Å². The molecule has 24 heavy (non-hydrogen) atoms. The van der Waals surface area contributed by atoms with E-state index in [9.17, 15) is 4.79 Å². The predicted molar refractivity (Wildman–Crippen MR) is 103 cm³/mol. The summed E-state index contributed by atoms with van der Waals surface area (Å²) in [4.78, 5) is 18.3. The molecule has 0 N–H and O–H groups in total. The first-order valence-corrected chi connectivity index (χ1v) is 9.73. The van der Waals surface area contributed by atoms with E-state index in [0.29, 0.717) is 16.2 Å². The Kier molecular flexibility index (Phi) is 5.43. The zero-order valence-electron chi connectivity index (χ0n) is 13.5. The minimum Gasteiger partial charge on any atom is -0.319 e. The van der Waals surface area contributed by atoms with Gasteiger partial charge in [-0.25, -0.2) is 0 Å². The molecule has 0 aliphatic heterocycles. The maximum atomic E-state index is 12.2. The number of thioether (sulfide) groups is 1. The molecule has 0 spiro atoms. The van der Waals surface area contributed by atoms with E-state index in [1.165, 1.54) is 16.2 Å². The minimum absolute atomic E-state index is 0.0932. The monoisotopic (exact) mass is 376 g/mol. The molecule has 0 atom stereocenters. The second-order valence-corrected chi connectivity index (χ2v) is 8.04. The van der Waals surface area contributed by atoms with Gasteiger partial charge in [0, 0.05) is 29.1 Å². The lowest BCUT2D eigenvalue weighted by Gasteiger charge is -2.01. The Bertz CT molecular complexity index is 945. The second-order valence-electron chi connectivity index (χ2n) is 5.43. The van der Waals surface area contributed by atoms with Gasteiger partial charge in [-0.3, -0.25) is 4.79 Å². The van der Waals surface area contributed by atoms with E-state index in [2.05, 4.69) is 4.99 Å². The molecule has 0 unspecified atom stereocenters. The number of rotatable bonds is 4. The van der Waals surface area contributed by atoms with Crippen LogP contribution in [-0.2, 0) is 11.8 Å². The summed E-state index contributed by atoms with van der Waals surface area (Å²) in [5.41, 5.74) is 2.17. The van der Waals surface area contributed by atoms with Crippen molar-refractivity contribution in [2.24, 2.45) is 12.0 Å². The molecule has 0 saturated heterocycles. The lowest BCUT2D eigenvalue weighted by atomic mass is 10.2. The summed E-state index contributed by atoms with van der Waals surface area (Å²) in [7, 11) is 1.94. The number of aromatic nitrogens is 1. The van der Waals surface area contributed by atoms with Crippen LogP contribution in [0.2, 0.25) is 5.02 Å². The summed E-state index contributed by atoms with van der Waals surface area (Å²) in [6, 6.07) is 13.9. The van der Waals surface area contributed by atoms with Gasteiger partial charge in [0.2, 0.25) is 5.91 Å². The highest BCUT2D eigenvalue weighted by molar-refractivity contribution is 7.99. The maximum Gasteiger partial charge on any atom is 0.249 e. The molecule has 1 aromatic heterocycles. The van der Waals surface area contributed by atoms with Crippen LogP contribution in [0.15, 0.2) is 52.4 Å². The largest absolute Gasteiger partial charge is 0.319 e. The predicted octanol–water partition coefficient (Wildman–Crippen LogP) is 4.81. The van der Waals surface area contributed by atoms with Gasteiger partial charge in [0.15, 0.2) is 4.80 Å². The topological polar surface area (TPSA) is 34.4 Å². The van der Waals surface area contributed by atoms with Gasteiger partial charge in [-0.15, -0.1) is 11.8 Å². The summed E-state index contributed by atoms with van der Waals surface area (Å²) in [5, 5.41) is 0.707. The molecule has 3 aromatic rings. The van der Waals surface area contributed by atoms with Gasteiger partial charge < -0.3 is 4.57 Å². The first-order valence-electron chi connectivity index (χ1n) is 7.55. The summed E-state index contributed by atoms with van der Waals surface area (Å²) in [5.74, 6) is 0.635. The van der Waals surface area contributed by atoms with Crippen LogP contribution in [0.3, 0.4) is 0 Å². The molecule has 0 aliphatic rings. The molecule has 6 heteroatoms. The minimum atomic E-state index is -0.0932. The van der Waals surface area contributed by atoms with E-state index >= 15 is 0 Å². The summed E-state index contributed by atoms with van der Waals surface area (Å²) in [6.07, 6.45) is 0.424. The van der Waals surface area contributed by atoms with Crippen molar-refractivity contribution in [3.05, 3.63) is 57.9 Å². The highest BCUT2D eigenvalue weighted by atomic mass is 35.5. The van der Waals surface area contributed by atoms with Crippen LogP contribution in [0.4, 0.5) is 0 Å². The van der Waals surface area contributed by atoms with E-state index in [1.54, 1.807) is 11.8 Å². The fraction of sp³-hybridized carbons (Fsp3) is 0.222. The van der Waals surface area contributed by atoms with Crippen LogP contribution in [0.1, 0.15) is 12.0 Å². The van der Waals surface area contributed by atoms with Gasteiger partial charge in [-0.05, 0) is 36.8 Å². The van der Waals surface area contributed by atoms with Crippen molar-refractivity contribution in [1.29, 1.82) is 0 Å². The van der Waals surface area contributed by atoms with Gasteiger partial charge in [0.05, 0.1) is 10.2 Å². The zero-order chi connectivity index (χ0) is 17.1. The quantitative estimate of drug-likeness (QED) is 0.612. The lowest BCUT2D eigenvalue weighted by molar-refractivity contribution is -0.117. The Morgan fingerprint density at radius 2 is 2.04 bits per heavy atom. The number of fused-ring (bicyclic) bond motifs is 1. The molecule has 0 aliphatic carbocycles. The van der Waals surface area contributed by atoms with Crippen LogP contribution < -0.4 is 4.80 Å². The van der Waals surface area contributed by atoms with Gasteiger partial charge in [0.25, 0.3) is 0 Å². The van der Waals surface area contributed by atoms with Crippen LogP contribution in [0, 0.1) is 6.92 Å². The Morgan fingerprint density at radius 1 is 1.29 bits per heavy atom. The molecule has 3 rings (SSSR count). The normalized spacial score (nSPS) is 12.0. The van der Waals surface area contributed by atoms with Gasteiger partial charge in [0.1, 0.15) is 0 Å². The molecule has 2 aromatic carbocycles. The number of aryl methyl sites for hydroxylation is 2. The third-order valence-corrected chi connectivity index (χ3v) is 5.91. The average molecular weight is 377 g/mol. The van der Waals surface area contributed by atoms with Crippen molar-refractivity contribution in [3.63, 3.8) is 0 Å². The van der Waals surface area contributed by atoms with Crippen molar-refractivity contribution >= 4 is 50.8 Å². The van der Waals surface area contributed by atoms with Crippen LogP contribution in [0.5, 0.6) is 0 Å². The molecule has 0 fully saturated rings. The summed E-state index contributed by atoms with van der Waals surface area (Å²) < 4.78 is 3.01. The van der Waals surface area contributed by atoms with Gasteiger partial charge in [-0.2, -0.15) is 4.99 Å². The van der Waals surface area contributed by atoms with Crippen molar-refractivity contribution in [3.8, 4) is 0 Å². The molecule has 124 valence electrons. The number of hydrogen-bond donors (Lipinski definition) is 0. The van der Waals surface area contributed by atoms with E-state index < -0.39 is 0 Å². The zero-order valence-corrected chi connectivity index (χ0v) is 15.8. The van der Waals surface area contributed by atoms with Crippen LogP contribution in [0.25, 0.3) is 10.2 Å². The third-order valence-electron chi connectivity index (χ3n) is 3.60. The number of nitrogens with zero attached hydrogens (tertiary/aromatic N) is 2. The molecular formula is C18H17ClN2OS2. The molecule has 0 radical (unpaired) electrons. The van der Waals surface area contributed by atoms with Crippen molar-refractivity contribution in [1.82, 2.24) is 4.57 Å². The number of thiazole rings is 1. The first kappa shape index (κ1) is 17.3. The first-order chi connectivity index (χ1) is 11.5. The number of halogens is 1. The average Bonchev–Trinajstić information content (AvgIpc) is 2.84. The second kappa shape index (κ2) is 7.55. The fourth-order valence-electron chi connectivity index (χ4n) is 2.51. The molecule has 1 heterocycles. The van der Waals surface area contributed by atoms with Crippen LogP contribution >= 0.6 is 34.7 Å². The van der Waals surface area contributed by atoms with E-state index in [4.69, 9.17) is 11.6 Å². The Morgan fingerprint density at radius 3 is 2.79 bits per heavy atom. The van der Waals surface area contributed by atoms with Crippen molar-refractivity contribution in [2.75, 3.05) is 5.75 Å². The Hall–Kier alpha value is -1.56. The van der Waals surface area contributed by atoms with Crippen LogP contribution in [-0.4, -0.2) is 16.2 Å². The highest BCUT2D eigenvalue weighted by Crippen LogP contribution is 2.25. The van der Waals surface area contributed by atoms with Crippen molar-refractivity contribution < 1.29 is 4.79 Å². The Balaban J connectivity index is 1.76. The standard InChI is InChI=1S/C18H17ClN2OS2/c1-12-10-13(19)11-15-17(12)21(2)18(24-15)20-16(22)8-9-23-14-6-4-3-5-7-14/h3-7,10-11H,8-9H2,1-2H3. The van der Waals surface area contributed by atoms with Crippen molar-refractivity contribution in [2.45, 2.75) is 18.2 Å².